The number of benzene rings is 1. The lowest BCUT2D eigenvalue weighted by molar-refractivity contribution is -0.140. The number of amides is 1. The van der Waals surface area contributed by atoms with Crippen LogP contribution in [-0.2, 0) is 16.1 Å². The maximum absolute atomic E-state index is 12.9. The molecule has 1 saturated heterocycles. The van der Waals surface area contributed by atoms with Gasteiger partial charge in [0.15, 0.2) is 0 Å². The normalized spacial score (nSPS) is 18.2. The number of carbonyl (C=O) groups excluding carboxylic acids is 2. The number of rotatable bonds is 6. The predicted molar refractivity (Wildman–Crippen MR) is 114 cm³/mol. The van der Waals surface area contributed by atoms with E-state index in [1.807, 2.05) is 10.8 Å². The zero-order chi connectivity index (χ0) is 21.1. The van der Waals surface area contributed by atoms with Gasteiger partial charge in [-0.1, -0.05) is 34.1 Å². The minimum absolute atomic E-state index is 0.0589. The zero-order valence-corrected chi connectivity index (χ0v) is 17.6. The van der Waals surface area contributed by atoms with Gasteiger partial charge in [0.2, 0.25) is 0 Å². The lowest BCUT2D eigenvalue weighted by Gasteiger charge is -2.24. The van der Waals surface area contributed by atoms with E-state index in [1.165, 1.54) is 4.90 Å². The fraction of sp³-hybridized carbons (Fsp3) is 0.182. The monoisotopic (exact) mass is 466 g/mol. The van der Waals surface area contributed by atoms with Crippen molar-refractivity contribution >= 4 is 33.4 Å². The SMILES string of the molecule is O=C1C(=O)N(CCCn2ccnc2)C(c2ccccn2)C1=C(O)c1ccc(Br)cc1. The van der Waals surface area contributed by atoms with Crippen molar-refractivity contribution in [1.29, 1.82) is 0 Å². The quantitative estimate of drug-likeness (QED) is 0.340. The summed E-state index contributed by atoms with van der Waals surface area (Å²) in [5.74, 6) is -1.53. The van der Waals surface area contributed by atoms with E-state index >= 15 is 0 Å². The van der Waals surface area contributed by atoms with Crippen molar-refractivity contribution in [2.45, 2.75) is 19.0 Å². The van der Waals surface area contributed by atoms with E-state index in [0.717, 1.165) is 4.47 Å². The first kappa shape index (κ1) is 20.0. The fourth-order valence-electron chi connectivity index (χ4n) is 3.56. The predicted octanol–water partition coefficient (Wildman–Crippen LogP) is 3.55. The van der Waals surface area contributed by atoms with Crippen molar-refractivity contribution in [3.8, 4) is 0 Å². The smallest absolute Gasteiger partial charge is 0.295 e. The fourth-order valence-corrected chi connectivity index (χ4v) is 3.83. The molecular formula is C22H19BrN4O3. The lowest BCUT2D eigenvalue weighted by Crippen LogP contribution is -2.31. The Morgan fingerprint density at radius 2 is 1.87 bits per heavy atom. The second kappa shape index (κ2) is 8.62. The molecule has 1 atom stereocenters. The highest BCUT2D eigenvalue weighted by molar-refractivity contribution is 9.10. The maximum atomic E-state index is 12.9. The number of hydrogen-bond acceptors (Lipinski definition) is 5. The molecule has 1 aliphatic rings. The third kappa shape index (κ3) is 3.91. The number of halogens is 1. The molecule has 0 radical (unpaired) electrons. The second-order valence-electron chi connectivity index (χ2n) is 6.91. The van der Waals surface area contributed by atoms with Gasteiger partial charge in [-0.25, -0.2) is 4.98 Å². The van der Waals surface area contributed by atoms with Crippen molar-refractivity contribution in [3.05, 3.63) is 88.7 Å². The topological polar surface area (TPSA) is 88.3 Å². The molecule has 7 nitrogen and oxygen atoms in total. The van der Waals surface area contributed by atoms with Gasteiger partial charge in [-0.2, -0.15) is 0 Å². The number of aliphatic hydroxyl groups is 1. The van der Waals surface area contributed by atoms with Gasteiger partial charge in [-0.3, -0.25) is 14.6 Å². The zero-order valence-electron chi connectivity index (χ0n) is 16.0. The summed E-state index contributed by atoms with van der Waals surface area (Å²) in [5, 5.41) is 10.9. The molecule has 8 heteroatoms. The van der Waals surface area contributed by atoms with Crippen LogP contribution in [0.25, 0.3) is 5.76 Å². The van der Waals surface area contributed by atoms with Crippen LogP contribution in [0, 0.1) is 0 Å². The number of carbonyl (C=O) groups is 2. The molecule has 0 saturated carbocycles. The van der Waals surface area contributed by atoms with Crippen LogP contribution in [-0.4, -0.2) is 42.8 Å². The van der Waals surface area contributed by atoms with Crippen LogP contribution in [0.4, 0.5) is 0 Å². The largest absolute Gasteiger partial charge is 0.507 e. The summed E-state index contributed by atoms with van der Waals surface area (Å²) in [6.45, 7) is 1.01. The molecule has 1 fully saturated rings. The third-order valence-electron chi connectivity index (χ3n) is 5.00. The molecule has 1 amide bonds. The maximum Gasteiger partial charge on any atom is 0.295 e. The molecule has 0 aliphatic carbocycles. The number of aromatic nitrogens is 3. The summed E-state index contributed by atoms with van der Waals surface area (Å²) in [6, 6.07) is 11.5. The van der Waals surface area contributed by atoms with Gasteiger partial charge in [-0.05, 0) is 30.7 Å². The van der Waals surface area contributed by atoms with Crippen molar-refractivity contribution in [3.63, 3.8) is 0 Å². The van der Waals surface area contributed by atoms with E-state index in [0.29, 0.717) is 30.8 Å². The molecule has 1 N–H and O–H groups in total. The van der Waals surface area contributed by atoms with Crippen molar-refractivity contribution in [2.75, 3.05) is 6.54 Å². The minimum Gasteiger partial charge on any atom is -0.507 e. The van der Waals surface area contributed by atoms with Crippen LogP contribution in [0.2, 0.25) is 0 Å². The molecule has 0 spiro atoms. The number of Topliss-reactive ketones (excluding diaryl/α,β-unsaturated/α-hetero) is 1. The third-order valence-corrected chi connectivity index (χ3v) is 5.53. The number of likely N-dealkylation sites (tertiary alicyclic amines) is 1. The highest BCUT2D eigenvalue weighted by Gasteiger charge is 2.46. The Balaban J connectivity index is 1.71. The van der Waals surface area contributed by atoms with Crippen LogP contribution in [0.1, 0.15) is 23.7 Å². The number of pyridine rings is 1. The molecule has 0 bridgehead atoms. The first-order chi connectivity index (χ1) is 14.6. The summed E-state index contributed by atoms with van der Waals surface area (Å²) < 4.78 is 2.76. The molecule has 1 aromatic carbocycles. The first-order valence-electron chi connectivity index (χ1n) is 9.47. The van der Waals surface area contributed by atoms with Crippen LogP contribution < -0.4 is 0 Å². The Bertz CT molecular complexity index is 1080. The van der Waals surface area contributed by atoms with Crippen molar-refractivity contribution in [2.24, 2.45) is 0 Å². The molecule has 3 aromatic rings. The van der Waals surface area contributed by atoms with Crippen LogP contribution in [0.15, 0.2) is 77.4 Å². The van der Waals surface area contributed by atoms with Gasteiger partial charge in [0.1, 0.15) is 11.8 Å². The number of hydrogen-bond donors (Lipinski definition) is 1. The number of nitrogens with zero attached hydrogens (tertiary/aromatic N) is 4. The molecule has 3 heterocycles. The lowest BCUT2D eigenvalue weighted by atomic mass is 9.98. The summed E-state index contributed by atoms with van der Waals surface area (Å²) >= 11 is 3.36. The summed E-state index contributed by atoms with van der Waals surface area (Å²) in [7, 11) is 0. The highest BCUT2D eigenvalue weighted by Crippen LogP contribution is 2.38. The van der Waals surface area contributed by atoms with E-state index in [1.54, 1.807) is 61.2 Å². The van der Waals surface area contributed by atoms with Crippen LogP contribution in [0.5, 0.6) is 0 Å². The van der Waals surface area contributed by atoms with Crippen molar-refractivity contribution < 1.29 is 14.7 Å². The molecule has 1 aliphatic heterocycles. The van der Waals surface area contributed by atoms with E-state index in [2.05, 4.69) is 25.9 Å². The van der Waals surface area contributed by atoms with Crippen molar-refractivity contribution in [1.82, 2.24) is 19.4 Å². The van der Waals surface area contributed by atoms with E-state index in [9.17, 15) is 14.7 Å². The number of aliphatic hydroxyl groups excluding tert-OH is 1. The molecule has 152 valence electrons. The van der Waals surface area contributed by atoms with Gasteiger partial charge in [0.05, 0.1) is 17.6 Å². The Hall–Kier alpha value is -3.26. The Morgan fingerprint density at radius 1 is 1.07 bits per heavy atom. The van der Waals surface area contributed by atoms with Gasteiger partial charge < -0.3 is 14.6 Å². The van der Waals surface area contributed by atoms with E-state index in [-0.39, 0.29) is 11.3 Å². The Kier molecular flexibility index (Phi) is 5.76. The average Bonchev–Trinajstić information content (AvgIpc) is 3.37. The molecule has 2 aromatic heterocycles. The Morgan fingerprint density at radius 3 is 2.53 bits per heavy atom. The molecule has 4 rings (SSSR count). The molecular weight excluding hydrogens is 448 g/mol. The second-order valence-corrected chi connectivity index (χ2v) is 7.82. The van der Waals surface area contributed by atoms with E-state index in [4.69, 9.17) is 0 Å². The first-order valence-corrected chi connectivity index (χ1v) is 10.3. The van der Waals surface area contributed by atoms with E-state index < -0.39 is 17.7 Å². The molecule has 1 unspecified atom stereocenters. The average molecular weight is 467 g/mol. The van der Waals surface area contributed by atoms with Gasteiger partial charge in [-0.15, -0.1) is 0 Å². The highest BCUT2D eigenvalue weighted by atomic mass is 79.9. The Labute approximate surface area is 181 Å². The summed E-state index contributed by atoms with van der Waals surface area (Å²) in [6.07, 6.45) is 7.49. The van der Waals surface area contributed by atoms with Crippen LogP contribution in [0.3, 0.4) is 0 Å². The summed E-state index contributed by atoms with van der Waals surface area (Å²) in [5.41, 5.74) is 1.07. The number of aryl methyl sites for hydroxylation is 1. The van der Waals surface area contributed by atoms with Gasteiger partial charge in [0.25, 0.3) is 11.7 Å². The van der Waals surface area contributed by atoms with Gasteiger partial charge in [0, 0.05) is 41.7 Å². The number of ketones is 1. The minimum atomic E-state index is -0.738. The molecule has 30 heavy (non-hydrogen) atoms. The standard InChI is InChI=1S/C22H19BrN4O3/c23-16-7-5-15(6-8-16)20(28)18-19(17-4-1-2-9-25-17)27(22(30)21(18)29)12-3-11-26-13-10-24-14-26/h1-2,4-10,13-14,19,28H,3,11-12H2. The van der Waals surface area contributed by atoms with Gasteiger partial charge >= 0.3 is 0 Å². The number of imidazole rings is 1. The van der Waals surface area contributed by atoms with Crippen LogP contribution >= 0.6 is 15.9 Å². The summed E-state index contributed by atoms with van der Waals surface area (Å²) in [4.78, 5) is 35.6.